The van der Waals surface area contributed by atoms with Crippen LogP contribution in [-0.2, 0) is 13.0 Å². The average molecular weight is 335 g/mol. The SMILES string of the molecule is CCc1ccc(C=NN2CCN(Cc3ccc(C)cc3C)CC2)cc1. The predicted molar refractivity (Wildman–Crippen MR) is 106 cm³/mol. The molecule has 0 aliphatic carbocycles. The fraction of sp³-hybridized carbons (Fsp3) is 0.409. The first-order valence-corrected chi connectivity index (χ1v) is 9.30. The molecule has 0 bridgehead atoms. The summed E-state index contributed by atoms with van der Waals surface area (Å²) in [7, 11) is 0. The zero-order valence-corrected chi connectivity index (χ0v) is 15.7. The van der Waals surface area contributed by atoms with Gasteiger partial charge in [-0.05, 0) is 42.5 Å². The molecular formula is C22H29N3. The predicted octanol–water partition coefficient (Wildman–Crippen LogP) is 4.02. The van der Waals surface area contributed by atoms with Crippen molar-refractivity contribution in [3.05, 3.63) is 70.3 Å². The molecule has 0 unspecified atom stereocenters. The molecule has 2 aromatic carbocycles. The minimum atomic E-state index is 0.994. The molecule has 1 fully saturated rings. The third-order valence-electron chi connectivity index (χ3n) is 5.00. The molecule has 0 amide bonds. The van der Waals surface area contributed by atoms with Gasteiger partial charge in [0.2, 0.25) is 0 Å². The first kappa shape index (κ1) is 17.7. The summed E-state index contributed by atoms with van der Waals surface area (Å²) in [4.78, 5) is 2.53. The maximum absolute atomic E-state index is 4.66. The number of nitrogens with zero attached hydrogens (tertiary/aromatic N) is 3. The van der Waals surface area contributed by atoms with Gasteiger partial charge in [0.1, 0.15) is 0 Å². The molecule has 2 aromatic rings. The van der Waals surface area contributed by atoms with E-state index in [1.165, 1.54) is 27.8 Å². The van der Waals surface area contributed by atoms with Crippen LogP contribution in [0.1, 0.15) is 34.7 Å². The van der Waals surface area contributed by atoms with Crippen molar-refractivity contribution in [2.75, 3.05) is 26.2 Å². The lowest BCUT2D eigenvalue weighted by Gasteiger charge is -2.33. The third-order valence-corrected chi connectivity index (χ3v) is 5.00. The Bertz CT molecular complexity index is 711. The maximum atomic E-state index is 4.66. The van der Waals surface area contributed by atoms with Crippen molar-refractivity contribution < 1.29 is 0 Å². The largest absolute Gasteiger partial charge is 0.295 e. The van der Waals surface area contributed by atoms with Crippen LogP contribution in [0.3, 0.4) is 0 Å². The summed E-state index contributed by atoms with van der Waals surface area (Å²) in [6, 6.07) is 15.4. The molecule has 25 heavy (non-hydrogen) atoms. The second kappa shape index (κ2) is 8.30. The van der Waals surface area contributed by atoms with Crippen LogP contribution in [0.15, 0.2) is 47.6 Å². The highest BCUT2D eigenvalue weighted by molar-refractivity contribution is 5.79. The molecule has 0 atom stereocenters. The summed E-state index contributed by atoms with van der Waals surface area (Å²) in [5.41, 5.74) is 6.73. The minimum absolute atomic E-state index is 0.994. The van der Waals surface area contributed by atoms with E-state index in [4.69, 9.17) is 0 Å². The van der Waals surface area contributed by atoms with E-state index in [0.29, 0.717) is 0 Å². The Labute approximate surface area is 152 Å². The highest BCUT2D eigenvalue weighted by Crippen LogP contribution is 2.14. The first-order chi connectivity index (χ1) is 12.1. The topological polar surface area (TPSA) is 18.8 Å². The second-order valence-electron chi connectivity index (χ2n) is 7.00. The summed E-state index contributed by atoms with van der Waals surface area (Å²) in [6.07, 6.45) is 3.07. The summed E-state index contributed by atoms with van der Waals surface area (Å²) in [5.74, 6) is 0. The molecule has 0 spiro atoms. The zero-order chi connectivity index (χ0) is 17.6. The first-order valence-electron chi connectivity index (χ1n) is 9.30. The summed E-state index contributed by atoms with van der Waals surface area (Å²) in [5, 5.41) is 6.85. The van der Waals surface area contributed by atoms with E-state index in [1.807, 2.05) is 6.21 Å². The fourth-order valence-electron chi connectivity index (χ4n) is 3.26. The molecule has 3 rings (SSSR count). The van der Waals surface area contributed by atoms with Gasteiger partial charge in [-0.15, -0.1) is 0 Å². The average Bonchev–Trinajstić information content (AvgIpc) is 2.64. The molecule has 0 saturated carbocycles. The van der Waals surface area contributed by atoms with E-state index in [1.54, 1.807) is 0 Å². The molecule has 3 nitrogen and oxygen atoms in total. The molecule has 3 heteroatoms. The molecule has 1 heterocycles. The van der Waals surface area contributed by atoms with Crippen LogP contribution in [0, 0.1) is 13.8 Å². The fourth-order valence-corrected chi connectivity index (χ4v) is 3.26. The molecule has 132 valence electrons. The monoisotopic (exact) mass is 335 g/mol. The third kappa shape index (κ3) is 4.93. The standard InChI is InChI=1S/C22H29N3/c1-4-20-6-8-21(9-7-20)16-23-25-13-11-24(12-14-25)17-22-10-5-18(2)15-19(22)3/h5-10,15-16H,4,11-14,17H2,1-3H3. The smallest absolute Gasteiger partial charge is 0.0542 e. The van der Waals surface area contributed by atoms with Gasteiger partial charge in [-0.3, -0.25) is 9.91 Å². The van der Waals surface area contributed by atoms with Crippen molar-refractivity contribution in [3.8, 4) is 0 Å². The van der Waals surface area contributed by atoms with Crippen molar-refractivity contribution in [1.82, 2.24) is 9.91 Å². The Balaban J connectivity index is 1.50. The quantitative estimate of drug-likeness (QED) is 0.769. The van der Waals surface area contributed by atoms with E-state index in [0.717, 1.165) is 39.1 Å². The zero-order valence-electron chi connectivity index (χ0n) is 15.7. The van der Waals surface area contributed by atoms with Crippen LogP contribution in [0.2, 0.25) is 0 Å². The molecule has 1 aliphatic rings. The Kier molecular flexibility index (Phi) is 5.87. The lowest BCUT2D eigenvalue weighted by Crippen LogP contribution is -2.43. The van der Waals surface area contributed by atoms with E-state index in [9.17, 15) is 0 Å². The van der Waals surface area contributed by atoms with Crippen LogP contribution in [-0.4, -0.2) is 42.3 Å². The van der Waals surface area contributed by atoms with Crippen molar-refractivity contribution in [3.63, 3.8) is 0 Å². The van der Waals surface area contributed by atoms with Gasteiger partial charge in [0.15, 0.2) is 0 Å². The van der Waals surface area contributed by atoms with Gasteiger partial charge in [0.25, 0.3) is 0 Å². The van der Waals surface area contributed by atoms with Crippen molar-refractivity contribution in [2.45, 2.75) is 33.7 Å². The molecule has 1 saturated heterocycles. The second-order valence-corrected chi connectivity index (χ2v) is 7.00. The van der Waals surface area contributed by atoms with E-state index < -0.39 is 0 Å². The highest BCUT2D eigenvalue weighted by atomic mass is 15.5. The van der Waals surface area contributed by atoms with Gasteiger partial charge in [0, 0.05) is 32.7 Å². The number of piperazine rings is 1. The lowest BCUT2D eigenvalue weighted by atomic mass is 10.1. The summed E-state index contributed by atoms with van der Waals surface area (Å²) >= 11 is 0. The van der Waals surface area contributed by atoms with Crippen LogP contribution in [0.4, 0.5) is 0 Å². The van der Waals surface area contributed by atoms with Crippen LogP contribution < -0.4 is 0 Å². The van der Waals surface area contributed by atoms with Crippen molar-refractivity contribution in [2.24, 2.45) is 5.10 Å². The van der Waals surface area contributed by atoms with Gasteiger partial charge in [0.05, 0.1) is 6.21 Å². The van der Waals surface area contributed by atoms with Crippen LogP contribution in [0.5, 0.6) is 0 Å². The number of rotatable bonds is 5. The lowest BCUT2D eigenvalue weighted by molar-refractivity contribution is 0.131. The molecule has 0 aromatic heterocycles. The van der Waals surface area contributed by atoms with Crippen LogP contribution >= 0.6 is 0 Å². The number of hydrogen-bond acceptors (Lipinski definition) is 3. The Morgan fingerprint density at radius 2 is 1.68 bits per heavy atom. The maximum Gasteiger partial charge on any atom is 0.0542 e. The van der Waals surface area contributed by atoms with Gasteiger partial charge >= 0.3 is 0 Å². The molecule has 0 N–H and O–H groups in total. The van der Waals surface area contributed by atoms with E-state index in [2.05, 4.69) is 78.2 Å². The normalized spacial score (nSPS) is 15.9. The number of hydrazone groups is 1. The summed E-state index contributed by atoms with van der Waals surface area (Å²) < 4.78 is 0. The number of benzene rings is 2. The van der Waals surface area contributed by atoms with Crippen LogP contribution in [0.25, 0.3) is 0 Å². The summed E-state index contributed by atoms with van der Waals surface area (Å²) in [6.45, 7) is 11.7. The highest BCUT2D eigenvalue weighted by Gasteiger charge is 2.16. The molecule has 1 aliphatic heterocycles. The van der Waals surface area contributed by atoms with Gasteiger partial charge in [-0.2, -0.15) is 5.10 Å². The molecule has 0 radical (unpaired) electrons. The Morgan fingerprint density at radius 1 is 0.960 bits per heavy atom. The molecular weight excluding hydrogens is 306 g/mol. The minimum Gasteiger partial charge on any atom is -0.295 e. The van der Waals surface area contributed by atoms with E-state index >= 15 is 0 Å². The Morgan fingerprint density at radius 3 is 2.32 bits per heavy atom. The Hall–Kier alpha value is -2.13. The van der Waals surface area contributed by atoms with Gasteiger partial charge in [-0.1, -0.05) is 55.0 Å². The van der Waals surface area contributed by atoms with Crippen molar-refractivity contribution in [1.29, 1.82) is 0 Å². The van der Waals surface area contributed by atoms with Crippen molar-refractivity contribution >= 4 is 6.21 Å². The number of hydrogen-bond donors (Lipinski definition) is 0. The van der Waals surface area contributed by atoms with Gasteiger partial charge < -0.3 is 0 Å². The van der Waals surface area contributed by atoms with Gasteiger partial charge in [-0.25, -0.2) is 0 Å². The number of aryl methyl sites for hydroxylation is 3. The van der Waals surface area contributed by atoms with E-state index in [-0.39, 0.29) is 0 Å².